The Balaban J connectivity index is 2.38. The van der Waals surface area contributed by atoms with Crippen molar-refractivity contribution < 1.29 is 0 Å². The van der Waals surface area contributed by atoms with Gasteiger partial charge in [0, 0.05) is 17.2 Å². The molecular weight excluding hydrogens is 290 g/mol. The normalized spacial score (nSPS) is 12.7. The molecule has 1 heterocycles. The van der Waals surface area contributed by atoms with Crippen molar-refractivity contribution in [2.45, 2.75) is 32.9 Å². The van der Waals surface area contributed by atoms with Gasteiger partial charge in [0.25, 0.3) is 0 Å². The number of nitrogens with two attached hydrogens (primary N) is 1. The van der Waals surface area contributed by atoms with E-state index >= 15 is 0 Å². The van der Waals surface area contributed by atoms with E-state index in [1.807, 2.05) is 23.0 Å². The van der Waals surface area contributed by atoms with E-state index in [0.29, 0.717) is 0 Å². The summed E-state index contributed by atoms with van der Waals surface area (Å²) in [5.74, 6) is 0. The van der Waals surface area contributed by atoms with Crippen LogP contribution in [0.3, 0.4) is 0 Å². The number of aromatic nitrogens is 2. The van der Waals surface area contributed by atoms with Gasteiger partial charge in [0.05, 0.1) is 11.7 Å². The smallest absolute Gasteiger partial charge is 0.0734 e. The fourth-order valence-corrected chi connectivity index (χ4v) is 2.59. The molecule has 0 bridgehead atoms. The molecule has 1 aromatic heterocycles. The Morgan fingerprint density at radius 2 is 2.17 bits per heavy atom. The number of nitrogens with zero attached hydrogens (tertiary/aromatic N) is 2. The summed E-state index contributed by atoms with van der Waals surface area (Å²) in [7, 11) is 0. The Labute approximate surface area is 116 Å². The Kier molecular flexibility index (Phi) is 4.19. The number of hydrogen-bond acceptors (Lipinski definition) is 2. The van der Waals surface area contributed by atoms with Crippen LogP contribution in [0.15, 0.2) is 34.9 Å². The highest BCUT2D eigenvalue weighted by Crippen LogP contribution is 2.29. The maximum atomic E-state index is 6.37. The van der Waals surface area contributed by atoms with Crippen molar-refractivity contribution in [3.63, 3.8) is 0 Å². The third-order valence-corrected chi connectivity index (χ3v) is 4.14. The highest BCUT2D eigenvalue weighted by Gasteiger charge is 2.16. The van der Waals surface area contributed by atoms with Gasteiger partial charge < -0.3 is 5.73 Å². The average molecular weight is 308 g/mol. The van der Waals surface area contributed by atoms with Crippen molar-refractivity contribution in [2.24, 2.45) is 5.73 Å². The summed E-state index contributed by atoms with van der Waals surface area (Å²) in [6, 6.07) is 8.02. The van der Waals surface area contributed by atoms with E-state index in [9.17, 15) is 0 Å². The number of hydrogen-bond donors (Lipinski definition) is 1. The Morgan fingerprint density at radius 1 is 1.39 bits per heavy atom. The second kappa shape index (κ2) is 5.67. The minimum Gasteiger partial charge on any atom is -0.319 e. The molecule has 0 radical (unpaired) electrons. The molecule has 2 N–H and O–H groups in total. The van der Waals surface area contributed by atoms with E-state index < -0.39 is 0 Å². The number of halogens is 1. The maximum absolute atomic E-state index is 6.37. The molecule has 1 atom stereocenters. The van der Waals surface area contributed by atoms with Crippen LogP contribution in [0.5, 0.6) is 0 Å². The standard InChI is InChI=1S/C14H18BrN3/c1-3-9-18-12(7-8-17-18)14(16)11-6-4-5-10(2)13(11)15/h4-8,14H,3,9,16H2,1-2H3. The van der Waals surface area contributed by atoms with E-state index in [2.05, 4.69) is 47.0 Å². The van der Waals surface area contributed by atoms with Crippen LogP contribution in [0.1, 0.15) is 36.2 Å². The summed E-state index contributed by atoms with van der Waals surface area (Å²) in [6.45, 7) is 5.11. The lowest BCUT2D eigenvalue weighted by Gasteiger charge is -2.17. The monoisotopic (exact) mass is 307 g/mol. The molecular formula is C14H18BrN3. The lowest BCUT2D eigenvalue weighted by molar-refractivity contribution is 0.559. The van der Waals surface area contributed by atoms with Crippen LogP contribution >= 0.6 is 15.9 Å². The van der Waals surface area contributed by atoms with Gasteiger partial charge in [-0.05, 0) is 30.5 Å². The summed E-state index contributed by atoms with van der Waals surface area (Å²) < 4.78 is 3.07. The van der Waals surface area contributed by atoms with Crippen LogP contribution in [0.2, 0.25) is 0 Å². The van der Waals surface area contributed by atoms with Crippen LogP contribution < -0.4 is 5.73 Å². The average Bonchev–Trinajstić information content (AvgIpc) is 2.80. The molecule has 0 aliphatic heterocycles. The highest BCUT2D eigenvalue weighted by molar-refractivity contribution is 9.10. The van der Waals surface area contributed by atoms with E-state index in [1.165, 1.54) is 5.56 Å². The van der Waals surface area contributed by atoms with E-state index in [4.69, 9.17) is 5.73 Å². The molecule has 3 nitrogen and oxygen atoms in total. The summed E-state index contributed by atoms with van der Waals surface area (Å²) >= 11 is 3.62. The van der Waals surface area contributed by atoms with Crippen LogP contribution in [0, 0.1) is 6.92 Å². The van der Waals surface area contributed by atoms with E-state index in [1.54, 1.807) is 0 Å². The maximum Gasteiger partial charge on any atom is 0.0734 e. The quantitative estimate of drug-likeness (QED) is 0.940. The topological polar surface area (TPSA) is 43.8 Å². The Bertz CT molecular complexity index is 534. The van der Waals surface area contributed by atoms with E-state index in [0.717, 1.165) is 28.7 Å². The van der Waals surface area contributed by atoms with Crippen molar-refractivity contribution in [3.8, 4) is 0 Å². The van der Waals surface area contributed by atoms with Crippen LogP contribution in [0.4, 0.5) is 0 Å². The molecule has 0 fully saturated rings. The molecule has 0 aliphatic carbocycles. The van der Waals surface area contributed by atoms with Crippen molar-refractivity contribution in [3.05, 3.63) is 51.8 Å². The predicted octanol–water partition coefficient (Wildman–Crippen LogP) is 3.41. The molecule has 0 amide bonds. The zero-order valence-corrected chi connectivity index (χ0v) is 12.3. The molecule has 0 aliphatic rings. The van der Waals surface area contributed by atoms with Gasteiger partial charge in [0.2, 0.25) is 0 Å². The molecule has 2 rings (SSSR count). The lowest BCUT2D eigenvalue weighted by atomic mass is 10.0. The van der Waals surface area contributed by atoms with Crippen LogP contribution in [-0.2, 0) is 6.54 Å². The first-order valence-corrected chi connectivity index (χ1v) is 6.96. The molecule has 0 saturated carbocycles. The summed E-state index contributed by atoms with van der Waals surface area (Å²) in [4.78, 5) is 0. The summed E-state index contributed by atoms with van der Waals surface area (Å²) in [5.41, 5.74) is 9.73. The van der Waals surface area contributed by atoms with Crippen molar-refractivity contribution in [1.82, 2.24) is 9.78 Å². The van der Waals surface area contributed by atoms with Gasteiger partial charge in [-0.2, -0.15) is 5.10 Å². The number of aryl methyl sites for hydroxylation is 2. The lowest BCUT2D eigenvalue weighted by Crippen LogP contribution is -2.18. The predicted molar refractivity (Wildman–Crippen MR) is 77.4 cm³/mol. The first kappa shape index (κ1) is 13.3. The molecule has 1 unspecified atom stereocenters. The minimum absolute atomic E-state index is 0.145. The molecule has 0 saturated heterocycles. The first-order valence-electron chi connectivity index (χ1n) is 6.17. The zero-order valence-electron chi connectivity index (χ0n) is 10.7. The largest absolute Gasteiger partial charge is 0.319 e. The van der Waals surface area contributed by atoms with Gasteiger partial charge in [-0.15, -0.1) is 0 Å². The summed E-state index contributed by atoms with van der Waals surface area (Å²) in [6.07, 6.45) is 2.87. The Hall–Kier alpha value is -1.13. The second-order valence-corrected chi connectivity index (χ2v) is 5.23. The van der Waals surface area contributed by atoms with Gasteiger partial charge in [0.15, 0.2) is 0 Å². The third kappa shape index (κ3) is 2.49. The molecule has 1 aromatic carbocycles. The summed E-state index contributed by atoms with van der Waals surface area (Å²) in [5, 5.41) is 4.33. The van der Waals surface area contributed by atoms with Crippen molar-refractivity contribution >= 4 is 15.9 Å². The highest BCUT2D eigenvalue weighted by atomic mass is 79.9. The fraction of sp³-hybridized carbons (Fsp3) is 0.357. The van der Waals surface area contributed by atoms with Gasteiger partial charge in [-0.3, -0.25) is 4.68 Å². The third-order valence-electron chi connectivity index (χ3n) is 3.06. The van der Waals surface area contributed by atoms with E-state index in [-0.39, 0.29) is 6.04 Å². The zero-order chi connectivity index (χ0) is 13.1. The minimum atomic E-state index is -0.145. The van der Waals surface area contributed by atoms with Gasteiger partial charge in [-0.1, -0.05) is 41.1 Å². The fourth-order valence-electron chi connectivity index (χ4n) is 2.08. The van der Waals surface area contributed by atoms with Gasteiger partial charge in [-0.25, -0.2) is 0 Å². The van der Waals surface area contributed by atoms with Gasteiger partial charge in [0.1, 0.15) is 0 Å². The number of rotatable bonds is 4. The first-order chi connectivity index (χ1) is 8.65. The SMILES string of the molecule is CCCn1nccc1C(N)c1cccc(C)c1Br. The molecule has 18 heavy (non-hydrogen) atoms. The molecule has 0 spiro atoms. The van der Waals surface area contributed by atoms with Crippen LogP contribution in [-0.4, -0.2) is 9.78 Å². The Morgan fingerprint density at radius 3 is 2.89 bits per heavy atom. The number of benzene rings is 1. The molecule has 4 heteroatoms. The van der Waals surface area contributed by atoms with Crippen molar-refractivity contribution in [1.29, 1.82) is 0 Å². The molecule has 96 valence electrons. The second-order valence-electron chi connectivity index (χ2n) is 4.44. The van der Waals surface area contributed by atoms with Crippen molar-refractivity contribution in [2.75, 3.05) is 0 Å². The van der Waals surface area contributed by atoms with Gasteiger partial charge >= 0.3 is 0 Å². The molecule has 2 aromatic rings. The van der Waals surface area contributed by atoms with Crippen LogP contribution in [0.25, 0.3) is 0 Å².